The fourth-order valence-corrected chi connectivity index (χ4v) is 1.88. The predicted octanol–water partition coefficient (Wildman–Crippen LogP) is 3.84. The van der Waals surface area contributed by atoms with Crippen molar-refractivity contribution >= 4 is 17.4 Å². The second-order valence-corrected chi connectivity index (χ2v) is 3.56. The molecule has 1 aromatic carbocycles. The average molecular weight is 193 g/mol. The maximum atomic E-state index is 3.86. The summed E-state index contributed by atoms with van der Waals surface area (Å²) in [6.45, 7) is 7.86. The van der Waals surface area contributed by atoms with Crippen molar-refractivity contribution in [2.75, 3.05) is 5.32 Å². The van der Waals surface area contributed by atoms with Crippen molar-refractivity contribution in [1.29, 1.82) is 0 Å². The number of thioether (sulfide) groups is 1. The molecule has 13 heavy (non-hydrogen) atoms. The fourth-order valence-electron chi connectivity index (χ4n) is 1.12. The van der Waals surface area contributed by atoms with E-state index in [2.05, 4.69) is 30.1 Å². The van der Waals surface area contributed by atoms with E-state index in [1.165, 1.54) is 11.3 Å². The molecule has 1 N–H and O–H groups in total. The molecule has 0 saturated heterocycles. The lowest BCUT2D eigenvalue weighted by molar-refractivity contribution is 1.36. The average Bonchev–Trinajstić information content (AvgIpc) is 2.21. The van der Waals surface area contributed by atoms with Crippen LogP contribution in [0.15, 0.2) is 35.9 Å². The van der Waals surface area contributed by atoms with E-state index in [-0.39, 0.29) is 0 Å². The Labute approximate surface area is 84.2 Å². The summed E-state index contributed by atoms with van der Waals surface area (Å²) in [4.78, 5) is 0. The molecule has 2 heteroatoms. The maximum absolute atomic E-state index is 3.86. The second-order valence-electron chi connectivity index (χ2n) is 2.49. The predicted molar refractivity (Wildman–Crippen MR) is 61.8 cm³/mol. The van der Waals surface area contributed by atoms with Gasteiger partial charge in [0.2, 0.25) is 0 Å². The van der Waals surface area contributed by atoms with Crippen LogP contribution in [0, 0.1) is 0 Å². The third kappa shape index (κ3) is 2.52. The first-order valence-corrected chi connectivity index (χ1v) is 5.51. The smallest absolute Gasteiger partial charge is 0.0655 e. The molecule has 0 atom stereocenters. The molecular weight excluding hydrogens is 178 g/mol. The van der Waals surface area contributed by atoms with Gasteiger partial charge in [0, 0.05) is 11.4 Å². The zero-order valence-corrected chi connectivity index (χ0v) is 8.95. The van der Waals surface area contributed by atoms with Gasteiger partial charge in [0.1, 0.15) is 0 Å². The summed E-state index contributed by atoms with van der Waals surface area (Å²) < 4.78 is 0. The fraction of sp³-hybridized carbons (Fsp3) is 0.273. The highest BCUT2D eigenvalue weighted by atomic mass is 32.2. The summed E-state index contributed by atoms with van der Waals surface area (Å²) in [6.07, 6.45) is 0. The summed E-state index contributed by atoms with van der Waals surface area (Å²) in [5, 5.41) is 4.27. The summed E-state index contributed by atoms with van der Waals surface area (Å²) in [7, 11) is 0. The van der Waals surface area contributed by atoms with Crippen LogP contribution in [0.25, 0.3) is 0 Å². The largest absolute Gasteiger partial charge is 0.350 e. The highest BCUT2D eigenvalue weighted by molar-refractivity contribution is 8.02. The number of para-hydroxylation sites is 1. The zero-order chi connectivity index (χ0) is 9.68. The summed E-state index contributed by atoms with van der Waals surface area (Å²) in [5.74, 6) is 1.04. The first kappa shape index (κ1) is 10.2. The Bertz CT molecular complexity index is 294. The van der Waals surface area contributed by atoms with Crippen LogP contribution in [-0.2, 0) is 5.75 Å². The first-order chi connectivity index (χ1) is 6.36. The molecule has 0 aromatic heterocycles. The Kier molecular flexibility index (Phi) is 3.90. The summed E-state index contributed by atoms with van der Waals surface area (Å²) >= 11 is 1.76. The number of nitrogens with one attached hydrogen (secondary N) is 1. The van der Waals surface area contributed by atoms with Gasteiger partial charge in [-0.1, -0.05) is 38.6 Å². The van der Waals surface area contributed by atoms with Crippen molar-refractivity contribution in [2.24, 2.45) is 0 Å². The Morgan fingerprint density at radius 1 is 1.31 bits per heavy atom. The third-order valence-corrected chi connectivity index (χ3v) is 2.60. The molecule has 1 aliphatic heterocycles. The van der Waals surface area contributed by atoms with E-state index in [4.69, 9.17) is 0 Å². The topological polar surface area (TPSA) is 12.0 Å². The number of fused-ring (bicyclic) bond motifs is 1. The van der Waals surface area contributed by atoms with Gasteiger partial charge in [0.15, 0.2) is 0 Å². The van der Waals surface area contributed by atoms with Gasteiger partial charge in [0.05, 0.1) is 5.03 Å². The van der Waals surface area contributed by atoms with E-state index < -0.39 is 0 Å². The molecule has 0 unspecified atom stereocenters. The van der Waals surface area contributed by atoms with E-state index >= 15 is 0 Å². The van der Waals surface area contributed by atoms with Crippen molar-refractivity contribution < 1.29 is 0 Å². The molecule has 0 fully saturated rings. The van der Waals surface area contributed by atoms with Crippen LogP contribution in [0.3, 0.4) is 0 Å². The molecular formula is C11H15NS. The molecule has 0 bridgehead atoms. The van der Waals surface area contributed by atoms with Crippen LogP contribution in [0.5, 0.6) is 0 Å². The first-order valence-electron chi connectivity index (χ1n) is 4.53. The lowest BCUT2D eigenvalue weighted by atomic mass is 10.2. The van der Waals surface area contributed by atoms with Gasteiger partial charge in [-0.25, -0.2) is 0 Å². The molecule has 0 amide bonds. The van der Waals surface area contributed by atoms with Crippen LogP contribution in [-0.4, -0.2) is 0 Å². The number of benzene rings is 1. The number of anilines is 1. The lowest BCUT2D eigenvalue weighted by Gasteiger charge is -2.18. The van der Waals surface area contributed by atoms with Gasteiger partial charge < -0.3 is 5.32 Å². The standard InChI is InChI=1S/C9H9NS.C2H6/c1-7-10-9-5-3-2-4-8(9)6-11-7;1-2/h2-5,10H,1,6H2;1-2H3. The SMILES string of the molecule is C=C1Nc2ccccc2CS1.CC. The quantitative estimate of drug-likeness (QED) is 0.671. The molecule has 0 aliphatic carbocycles. The van der Waals surface area contributed by atoms with Crippen molar-refractivity contribution in [3.8, 4) is 0 Å². The van der Waals surface area contributed by atoms with Crippen LogP contribution in [0.2, 0.25) is 0 Å². The number of hydrogen-bond donors (Lipinski definition) is 1. The summed E-state index contributed by atoms with van der Waals surface area (Å²) in [6, 6.07) is 8.33. The van der Waals surface area contributed by atoms with Crippen molar-refractivity contribution in [2.45, 2.75) is 19.6 Å². The molecule has 1 aliphatic rings. The number of rotatable bonds is 0. The highest BCUT2D eigenvalue weighted by Gasteiger charge is 2.08. The monoisotopic (exact) mass is 193 g/mol. The molecule has 0 saturated carbocycles. The second kappa shape index (κ2) is 4.97. The van der Waals surface area contributed by atoms with Crippen LogP contribution >= 0.6 is 11.8 Å². The molecule has 70 valence electrons. The minimum absolute atomic E-state index is 1.04. The Balaban J connectivity index is 0.000000396. The van der Waals surface area contributed by atoms with E-state index in [9.17, 15) is 0 Å². The molecule has 1 nitrogen and oxygen atoms in total. The highest BCUT2D eigenvalue weighted by Crippen LogP contribution is 2.31. The van der Waals surface area contributed by atoms with E-state index in [0.29, 0.717) is 0 Å². The normalized spacial score (nSPS) is 13.5. The maximum Gasteiger partial charge on any atom is 0.0655 e. The van der Waals surface area contributed by atoms with Gasteiger partial charge in [-0.05, 0) is 11.6 Å². The molecule has 0 spiro atoms. The Morgan fingerprint density at radius 3 is 2.77 bits per heavy atom. The van der Waals surface area contributed by atoms with Crippen LogP contribution in [0.4, 0.5) is 5.69 Å². The number of hydrogen-bond acceptors (Lipinski definition) is 2. The van der Waals surface area contributed by atoms with Crippen LogP contribution < -0.4 is 5.32 Å². The van der Waals surface area contributed by atoms with Crippen molar-refractivity contribution in [3.05, 3.63) is 41.4 Å². The van der Waals surface area contributed by atoms with Gasteiger partial charge in [0.25, 0.3) is 0 Å². The molecule has 0 radical (unpaired) electrons. The molecule has 1 aromatic rings. The van der Waals surface area contributed by atoms with E-state index in [0.717, 1.165) is 10.8 Å². The Morgan fingerprint density at radius 2 is 2.00 bits per heavy atom. The van der Waals surface area contributed by atoms with Gasteiger partial charge in [-0.2, -0.15) is 0 Å². The van der Waals surface area contributed by atoms with Crippen molar-refractivity contribution in [3.63, 3.8) is 0 Å². The van der Waals surface area contributed by atoms with Gasteiger partial charge >= 0.3 is 0 Å². The Hall–Kier alpha value is -0.890. The third-order valence-electron chi connectivity index (χ3n) is 1.69. The lowest BCUT2D eigenvalue weighted by Crippen LogP contribution is -2.03. The van der Waals surface area contributed by atoms with Crippen LogP contribution in [0.1, 0.15) is 19.4 Å². The van der Waals surface area contributed by atoms with E-state index in [1.807, 2.05) is 19.9 Å². The molecule has 1 heterocycles. The van der Waals surface area contributed by atoms with Gasteiger partial charge in [-0.3, -0.25) is 0 Å². The van der Waals surface area contributed by atoms with Gasteiger partial charge in [-0.15, -0.1) is 11.8 Å². The van der Waals surface area contributed by atoms with Crippen molar-refractivity contribution in [1.82, 2.24) is 0 Å². The zero-order valence-electron chi connectivity index (χ0n) is 8.13. The summed E-state index contributed by atoms with van der Waals surface area (Å²) in [5.41, 5.74) is 2.57. The van der Waals surface area contributed by atoms with E-state index in [1.54, 1.807) is 11.8 Å². The minimum Gasteiger partial charge on any atom is -0.350 e. The minimum atomic E-state index is 1.04. The molecule has 2 rings (SSSR count).